The standard InChI is InChI=1S/C14H14N2O4S/c17-14-9-10-8-12(3-4-13(10)16-14)21(18,19)15-6-5-11-2-1-7-20-11/h1-4,7-8,15H,5-6,9H2,(H,16,17). The second-order valence-corrected chi connectivity index (χ2v) is 6.54. The van der Waals surface area contributed by atoms with E-state index >= 15 is 0 Å². The molecule has 0 fully saturated rings. The zero-order valence-electron chi connectivity index (χ0n) is 11.1. The molecule has 2 heterocycles. The summed E-state index contributed by atoms with van der Waals surface area (Å²) in [5, 5.41) is 2.67. The summed E-state index contributed by atoms with van der Waals surface area (Å²) in [6.45, 7) is 0.254. The van der Waals surface area contributed by atoms with E-state index in [9.17, 15) is 13.2 Å². The van der Waals surface area contributed by atoms with Crippen molar-refractivity contribution in [2.75, 3.05) is 11.9 Å². The van der Waals surface area contributed by atoms with Crippen LogP contribution in [0, 0.1) is 0 Å². The number of carbonyl (C=O) groups is 1. The summed E-state index contributed by atoms with van der Waals surface area (Å²) in [6.07, 6.45) is 2.25. The van der Waals surface area contributed by atoms with Crippen LogP contribution in [0.1, 0.15) is 11.3 Å². The highest BCUT2D eigenvalue weighted by Gasteiger charge is 2.21. The SMILES string of the molecule is O=C1Cc2cc(S(=O)(=O)NCCc3ccco3)ccc2N1. The first kappa shape index (κ1) is 13.8. The molecular formula is C14H14N2O4S. The topological polar surface area (TPSA) is 88.4 Å². The van der Waals surface area contributed by atoms with Gasteiger partial charge in [-0.3, -0.25) is 4.79 Å². The predicted octanol–water partition coefficient (Wildman–Crippen LogP) is 1.30. The Balaban J connectivity index is 1.70. The Bertz CT molecular complexity index is 766. The molecule has 2 N–H and O–H groups in total. The van der Waals surface area contributed by atoms with Crippen LogP contribution in [0.25, 0.3) is 0 Å². The van der Waals surface area contributed by atoms with Crippen molar-refractivity contribution in [3.8, 4) is 0 Å². The fraction of sp³-hybridized carbons (Fsp3) is 0.214. The van der Waals surface area contributed by atoms with Crippen LogP contribution in [0.4, 0.5) is 5.69 Å². The maximum absolute atomic E-state index is 12.2. The van der Waals surface area contributed by atoms with Crippen molar-refractivity contribution >= 4 is 21.6 Å². The van der Waals surface area contributed by atoms with Crippen molar-refractivity contribution in [1.82, 2.24) is 4.72 Å². The molecule has 1 aromatic heterocycles. The van der Waals surface area contributed by atoms with E-state index in [4.69, 9.17) is 4.42 Å². The van der Waals surface area contributed by atoms with Gasteiger partial charge in [-0.1, -0.05) is 0 Å². The van der Waals surface area contributed by atoms with Crippen LogP contribution in [-0.4, -0.2) is 20.9 Å². The van der Waals surface area contributed by atoms with Crippen LogP contribution in [0.5, 0.6) is 0 Å². The number of benzene rings is 1. The molecule has 1 aromatic carbocycles. The van der Waals surface area contributed by atoms with Crippen LogP contribution in [0.15, 0.2) is 45.9 Å². The molecule has 6 nitrogen and oxygen atoms in total. The predicted molar refractivity (Wildman–Crippen MR) is 76.4 cm³/mol. The van der Waals surface area contributed by atoms with E-state index in [1.807, 2.05) is 0 Å². The van der Waals surface area contributed by atoms with Crippen LogP contribution >= 0.6 is 0 Å². The summed E-state index contributed by atoms with van der Waals surface area (Å²) < 4.78 is 32.1. The quantitative estimate of drug-likeness (QED) is 0.871. The van der Waals surface area contributed by atoms with E-state index in [2.05, 4.69) is 10.0 Å². The number of hydrogen-bond acceptors (Lipinski definition) is 4. The van der Waals surface area contributed by atoms with Crippen molar-refractivity contribution in [3.63, 3.8) is 0 Å². The molecule has 3 rings (SSSR count). The highest BCUT2D eigenvalue weighted by Crippen LogP contribution is 2.25. The van der Waals surface area contributed by atoms with Crippen LogP contribution in [0.2, 0.25) is 0 Å². The van der Waals surface area contributed by atoms with Crippen molar-refractivity contribution < 1.29 is 17.6 Å². The Labute approximate surface area is 122 Å². The molecule has 0 atom stereocenters. The molecule has 0 aliphatic carbocycles. The summed E-state index contributed by atoms with van der Waals surface area (Å²) in [5.74, 6) is 0.603. The highest BCUT2D eigenvalue weighted by atomic mass is 32.2. The van der Waals surface area contributed by atoms with Crippen LogP contribution in [0.3, 0.4) is 0 Å². The van der Waals surface area contributed by atoms with Gasteiger partial charge in [0.25, 0.3) is 0 Å². The first-order valence-electron chi connectivity index (χ1n) is 6.49. The number of hydrogen-bond donors (Lipinski definition) is 2. The van der Waals surface area contributed by atoms with E-state index in [1.54, 1.807) is 24.5 Å². The number of anilines is 1. The number of amides is 1. The van der Waals surface area contributed by atoms with Gasteiger partial charge < -0.3 is 9.73 Å². The lowest BCUT2D eigenvalue weighted by molar-refractivity contribution is -0.115. The van der Waals surface area contributed by atoms with Gasteiger partial charge in [-0.2, -0.15) is 0 Å². The molecule has 1 aliphatic rings. The van der Waals surface area contributed by atoms with Gasteiger partial charge in [0.1, 0.15) is 5.76 Å². The van der Waals surface area contributed by atoms with E-state index in [0.717, 1.165) is 5.76 Å². The van der Waals surface area contributed by atoms with Gasteiger partial charge in [0, 0.05) is 18.7 Å². The van der Waals surface area contributed by atoms with Crippen molar-refractivity contribution in [2.24, 2.45) is 0 Å². The van der Waals surface area contributed by atoms with E-state index < -0.39 is 10.0 Å². The summed E-state index contributed by atoms with van der Waals surface area (Å²) in [6, 6.07) is 8.18. The molecule has 110 valence electrons. The molecule has 0 spiro atoms. The van der Waals surface area contributed by atoms with Crippen molar-refractivity contribution in [2.45, 2.75) is 17.7 Å². The molecule has 0 radical (unpaired) electrons. The molecule has 0 bridgehead atoms. The Morgan fingerprint density at radius 2 is 2.14 bits per heavy atom. The van der Waals surface area contributed by atoms with Gasteiger partial charge >= 0.3 is 0 Å². The minimum absolute atomic E-state index is 0.120. The van der Waals surface area contributed by atoms with E-state index in [0.29, 0.717) is 17.7 Å². The van der Waals surface area contributed by atoms with Crippen LogP contribution in [-0.2, 0) is 27.7 Å². The number of furan rings is 1. The molecule has 1 amide bonds. The van der Waals surface area contributed by atoms with Gasteiger partial charge in [-0.25, -0.2) is 13.1 Å². The van der Waals surface area contributed by atoms with Crippen molar-refractivity contribution in [1.29, 1.82) is 0 Å². The average molecular weight is 306 g/mol. The van der Waals surface area contributed by atoms with E-state index in [1.165, 1.54) is 12.1 Å². The molecule has 0 saturated heterocycles. The number of nitrogens with one attached hydrogen (secondary N) is 2. The summed E-state index contributed by atoms with van der Waals surface area (Å²) >= 11 is 0. The smallest absolute Gasteiger partial charge is 0.240 e. The van der Waals surface area contributed by atoms with Crippen molar-refractivity contribution in [3.05, 3.63) is 47.9 Å². The first-order chi connectivity index (χ1) is 10.0. The lowest BCUT2D eigenvalue weighted by Gasteiger charge is -2.07. The Morgan fingerprint density at radius 3 is 2.90 bits per heavy atom. The number of rotatable bonds is 5. The molecule has 2 aromatic rings. The fourth-order valence-corrected chi connectivity index (χ4v) is 3.30. The molecule has 21 heavy (non-hydrogen) atoms. The molecule has 1 aliphatic heterocycles. The van der Waals surface area contributed by atoms with Gasteiger partial charge in [0.05, 0.1) is 17.6 Å². The summed E-state index contributed by atoms with van der Waals surface area (Å²) in [5.41, 5.74) is 1.38. The zero-order valence-corrected chi connectivity index (χ0v) is 11.9. The normalized spacial score (nSPS) is 14.0. The Kier molecular flexibility index (Phi) is 3.52. The highest BCUT2D eigenvalue weighted by molar-refractivity contribution is 7.89. The molecule has 0 unspecified atom stereocenters. The molecular weight excluding hydrogens is 292 g/mol. The van der Waals surface area contributed by atoms with Gasteiger partial charge in [-0.15, -0.1) is 0 Å². The zero-order chi connectivity index (χ0) is 14.9. The third kappa shape index (κ3) is 2.98. The largest absolute Gasteiger partial charge is 0.469 e. The summed E-state index contributed by atoms with van der Waals surface area (Å²) in [7, 11) is -3.58. The number of sulfonamides is 1. The monoisotopic (exact) mass is 306 g/mol. The lowest BCUT2D eigenvalue weighted by Crippen LogP contribution is -2.26. The van der Waals surface area contributed by atoms with Gasteiger partial charge in [0.2, 0.25) is 15.9 Å². The Hall–Kier alpha value is -2.12. The molecule has 7 heteroatoms. The van der Waals surface area contributed by atoms with E-state index in [-0.39, 0.29) is 23.8 Å². The second kappa shape index (κ2) is 5.34. The average Bonchev–Trinajstić information content (AvgIpc) is 3.05. The minimum atomic E-state index is -3.58. The molecule has 0 saturated carbocycles. The lowest BCUT2D eigenvalue weighted by atomic mass is 10.2. The third-order valence-corrected chi connectivity index (χ3v) is 4.71. The number of fused-ring (bicyclic) bond motifs is 1. The van der Waals surface area contributed by atoms with Gasteiger partial charge in [0.15, 0.2) is 0 Å². The Morgan fingerprint density at radius 1 is 1.29 bits per heavy atom. The fourth-order valence-electron chi connectivity index (χ4n) is 2.22. The first-order valence-corrected chi connectivity index (χ1v) is 7.98. The third-order valence-electron chi connectivity index (χ3n) is 3.26. The maximum atomic E-state index is 12.2. The number of carbonyl (C=O) groups excluding carboxylic acids is 1. The van der Waals surface area contributed by atoms with Crippen LogP contribution < -0.4 is 10.0 Å². The van der Waals surface area contributed by atoms with Gasteiger partial charge in [-0.05, 0) is 35.9 Å². The maximum Gasteiger partial charge on any atom is 0.240 e. The summed E-state index contributed by atoms with van der Waals surface area (Å²) in [4.78, 5) is 11.4. The minimum Gasteiger partial charge on any atom is -0.469 e. The second-order valence-electron chi connectivity index (χ2n) is 4.77.